The highest BCUT2D eigenvalue weighted by atomic mass is 15.2. The lowest BCUT2D eigenvalue weighted by Gasteiger charge is -2.42. The van der Waals surface area contributed by atoms with Gasteiger partial charge in [-0.2, -0.15) is 0 Å². The number of hydrogen-bond acceptors (Lipinski definition) is 2. The maximum absolute atomic E-state index is 3.85. The Hall–Kier alpha value is -0.0800. The molecule has 2 heterocycles. The Morgan fingerprint density at radius 1 is 1.18 bits per heavy atom. The summed E-state index contributed by atoms with van der Waals surface area (Å²) in [6, 6.07) is 2.49. The first-order chi connectivity index (χ1) is 8.31. The molecule has 2 saturated heterocycles. The summed E-state index contributed by atoms with van der Waals surface area (Å²) in [7, 11) is 0. The second-order valence-corrected chi connectivity index (χ2v) is 6.50. The molecule has 2 unspecified atom stereocenters. The van der Waals surface area contributed by atoms with Crippen molar-refractivity contribution in [3.05, 3.63) is 0 Å². The molecule has 3 aliphatic rings. The number of nitrogens with zero attached hydrogens (tertiary/aromatic N) is 1. The Kier molecular flexibility index (Phi) is 3.45. The molecule has 0 amide bonds. The molecule has 0 aromatic carbocycles. The lowest BCUT2D eigenvalue weighted by Crippen LogP contribution is -2.50. The van der Waals surface area contributed by atoms with Crippen molar-refractivity contribution in [1.29, 1.82) is 0 Å². The molecule has 2 heteroatoms. The van der Waals surface area contributed by atoms with Gasteiger partial charge in [-0.25, -0.2) is 0 Å². The Bertz CT molecular complexity index is 262. The topological polar surface area (TPSA) is 15.3 Å². The van der Waals surface area contributed by atoms with Crippen molar-refractivity contribution in [2.75, 3.05) is 13.1 Å². The standard InChI is InChI=1S/C15H28N2/c1-3-14-11(2)15(12-7-8-12)17-9-5-4-6-13(17)10-16-14/h11-16H,3-10H2,1-2H3/t11-,13?,14?,15-/m1/s1. The molecule has 0 aromatic rings. The van der Waals surface area contributed by atoms with Crippen molar-refractivity contribution >= 4 is 0 Å². The minimum Gasteiger partial charge on any atom is -0.312 e. The van der Waals surface area contributed by atoms with Crippen molar-refractivity contribution in [2.45, 2.75) is 70.5 Å². The van der Waals surface area contributed by atoms with E-state index >= 15 is 0 Å². The van der Waals surface area contributed by atoms with Gasteiger partial charge >= 0.3 is 0 Å². The van der Waals surface area contributed by atoms with Crippen LogP contribution in [0, 0.1) is 11.8 Å². The molecule has 1 aliphatic carbocycles. The van der Waals surface area contributed by atoms with Crippen LogP contribution in [0.5, 0.6) is 0 Å². The molecule has 0 radical (unpaired) electrons. The lowest BCUT2D eigenvalue weighted by atomic mass is 9.87. The molecule has 4 atom stereocenters. The van der Waals surface area contributed by atoms with E-state index in [1.54, 1.807) is 0 Å². The minimum atomic E-state index is 0.756. The third-order valence-corrected chi connectivity index (χ3v) is 5.39. The molecule has 3 rings (SSSR count). The Labute approximate surface area is 106 Å². The highest BCUT2D eigenvalue weighted by Gasteiger charge is 2.45. The van der Waals surface area contributed by atoms with E-state index in [4.69, 9.17) is 0 Å². The molecule has 98 valence electrons. The van der Waals surface area contributed by atoms with E-state index in [1.807, 2.05) is 0 Å². The first-order valence-corrected chi connectivity index (χ1v) is 7.80. The van der Waals surface area contributed by atoms with Gasteiger partial charge in [0.1, 0.15) is 0 Å². The number of piperidine rings is 1. The molecule has 3 fully saturated rings. The fourth-order valence-electron chi connectivity index (χ4n) is 4.30. The summed E-state index contributed by atoms with van der Waals surface area (Å²) in [5, 5.41) is 3.85. The molecule has 0 spiro atoms. The van der Waals surface area contributed by atoms with Crippen LogP contribution in [0.4, 0.5) is 0 Å². The monoisotopic (exact) mass is 236 g/mol. The van der Waals surface area contributed by atoms with E-state index in [0.29, 0.717) is 0 Å². The van der Waals surface area contributed by atoms with Crippen molar-refractivity contribution < 1.29 is 0 Å². The maximum Gasteiger partial charge on any atom is 0.0223 e. The highest BCUT2D eigenvalue weighted by molar-refractivity contribution is 5.00. The number of fused-ring (bicyclic) bond motifs is 1. The summed E-state index contributed by atoms with van der Waals surface area (Å²) < 4.78 is 0. The van der Waals surface area contributed by atoms with E-state index in [-0.39, 0.29) is 0 Å². The number of nitrogens with one attached hydrogen (secondary N) is 1. The van der Waals surface area contributed by atoms with Gasteiger partial charge in [-0.1, -0.05) is 20.3 Å². The van der Waals surface area contributed by atoms with E-state index in [0.717, 1.165) is 30.0 Å². The van der Waals surface area contributed by atoms with Crippen molar-refractivity contribution in [3.63, 3.8) is 0 Å². The van der Waals surface area contributed by atoms with Gasteiger partial charge in [0, 0.05) is 24.7 Å². The average molecular weight is 236 g/mol. The predicted molar refractivity (Wildman–Crippen MR) is 72.1 cm³/mol. The van der Waals surface area contributed by atoms with Crippen LogP contribution in [-0.4, -0.2) is 36.1 Å². The van der Waals surface area contributed by atoms with Gasteiger partial charge in [0.2, 0.25) is 0 Å². The van der Waals surface area contributed by atoms with Crippen LogP contribution in [0.2, 0.25) is 0 Å². The third-order valence-electron chi connectivity index (χ3n) is 5.39. The minimum absolute atomic E-state index is 0.756. The smallest absolute Gasteiger partial charge is 0.0223 e. The summed E-state index contributed by atoms with van der Waals surface area (Å²) in [6.07, 6.45) is 8.60. The number of rotatable bonds is 2. The molecule has 0 bridgehead atoms. The Morgan fingerprint density at radius 3 is 2.71 bits per heavy atom. The molecular weight excluding hydrogens is 208 g/mol. The molecule has 17 heavy (non-hydrogen) atoms. The van der Waals surface area contributed by atoms with E-state index in [9.17, 15) is 0 Å². The van der Waals surface area contributed by atoms with Crippen molar-refractivity contribution in [2.24, 2.45) is 11.8 Å². The van der Waals surface area contributed by atoms with Gasteiger partial charge in [-0.3, -0.25) is 4.90 Å². The normalized spacial score (nSPS) is 44.1. The first-order valence-electron chi connectivity index (χ1n) is 7.80. The Morgan fingerprint density at radius 2 is 2.00 bits per heavy atom. The summed E-state index contributed by atoms with van der Waals surface area (Å²) in [5.74, 6) is 1.87. The van der Waals surface area contributed by atoms with Gasteiger partial charge in [-0.05, 0) is 50.5 Å². The van der Waals surface area contributed by atoms with Gasteiger partial charge in [-0.15, -0.1) is 0 Å². The summed E-state index contributed by atoms with van der Waals surface area (Å²) in [5.41, 5.74) is 0. The predicted octanol–water partition coefficient (Wildman–Crippen LogP) is 2.64. The average Bonchev–Trinajstić information content (AvgIpc) is 3.16. The van der Waals surface area contributed by atoms with Gasteiger partial charge in [0.05, 0.1) is 0 Å². The Balaban J connectivity index is 1.82. The molecule has 0 aromatic heterocycles. The third kappa shape index (κ3) is 2.26. The van der Waals surface area contributed by atoms with Crippen molar-refractivity contribution in [3.8, 4) is 0 Å². The van der Waals surface area contributed by atoms with Gasteiger partial charge in [0.25, 0.3) is 0 Å². The maximum atomic E-state index is 3.85. The number of hydrogen-bond donors (Lipinski definition) is 1. The molecule has 1 saturated carbocycles. The van der Waals surface area contributed by atoms with Crippen LogP contribution in [0.25, 0.3) is 0 Å². The van der Waals surface area contributed by atoms with Crippen LogP contribution in [0.15, 0.2) is 0 Å². The zero-order valence-corrected chi connectivity index (χ0v) is 11.5. The highest BCUT2D eigenvalue weighted by Crippen LogP contribution is 2.42. The molecule has 1 N–H and O–H groups in total. The molecule has 2 nitrogen and oxygen atoms in total. The summed E-state index contributed by atoms with van der Waals surface area (Å²) in [6.45, 7) is 7.46. The lowest BCUT2D eigenvalue weighted by molar-refractivity contribution is 0.0663. The van der Waals surface area contributed by atoms with Crippen LogP contribution in [0.1, 0.15) is 52.4 Å². The van der Waals surface area contributed by atoms with E-state index in [2.05, 4.69) is 24.1 Å². The largest absolute Gasteiger partial charge is 0.312 e. The zero-order valence-electron chi connectivity index (χ0n) is 11.5. The van der Waals surface area contributed by atoms with Gasteiger partial charge < -0.3 is 5.32 Å². The van der Waals surface area contributed by atoms with Crippen LogP contribution in [-0.2, 0) is 0 Å². The van der Waals surface area contributed by atoms with E-state index in [1.165, 1.54) is 51.6 Å². The van der Waals surface area contributed by atoms with Crippen LogP contribution in [0.3, 0.4) is 0 Å². The molecule has 2 aliphatic heterocycles. The summed E-state index contributed by atoms with van der Waals surface area (Å²) >= 11 is 0. The van der Waals surface area contributed by atoms with Crippen molar-refractivity contribution in [1.82, 2.24) is 10.2 Å². The van der Waals surface area contributed by atoms with Gasteiger partial charge in [0.15, 0.2) is 0 Å². The van der Waals surface area contributed by atoms with Crippen LogP contribution < -0.4 is 5.32 Å². The second kappa shape index (κ2) is 4.89. The zero-order chi connectivity index (χ0) is 11.8. The fourth-order valence-corrected chi connectivity index (χ4v) is 4.30. The quantitative estimate of drug-likeness (QED) is 0.793. The fraction of sp³-hybridized carbons (Fsp3) is 1.00. The summed E-state index contributed by atoms with van der Waals surface area (Å²) in [4.78, 5) is 2.90. The van der Waals surface area contributed by atoms with Crippen LogP contribution >= 0.6 is 0 Å². The molecular formula is C15H28N2. The van der Waals surface area contributed by atoms with E-state index < -0.39 is 0 Å². The SMILES string of the molecule is CCC1NCC2CCCCN2[C@@H](C2CC2)[C@@H]1C. The second-order valence-electron chi connectivity index (χ2n) is 6.50. The first kappa shape index (κ1) is 12.0.